The molecule has 0 amide bonds. The van der Waals surface area contributed by atoms with Crippen LogP contribution < -0.4 is 5.73 Å². The van der Waals surface area contributed by atoms with Crippen molar-refractivity contribution in [1.29, 1.82) is 0 Å². The van der Waals surface area contributed by atoms with E-state index in [1.807, 2.05) is 35.9 Å². The topological polar surface area (TPSA) is 43.8 Å². The van der Waals surface area contributed by atoms with Crippen molar-refractivity contribution in [3.8, 4) is 11.8 Å². The van der Waals surface area contributed by atoms with Crippen molar-refractivity contribution >= 4 is 5.69 Å². The molecule has 0 radical (unpaired) electrons. The van der Waals surface area contributed by atoms with Gasteiger partial charge in [-0.1, -0.05) is 24.8 Å². The first kappa shape index (κ1) is 13.2. The average Bonchev–Trinajstić information content (AvgIpc) is 2.63. The summed E-state index contributed by atoms with van der Waals surface area (Å²) in [6, 6.07) is 7.62. The van der Waals surface area contributed by atoms with Crippen molar-refractivity contribution in [1.82, 2.24) is 9.78 Å². The summed E-state index contributed by atoms with van der Waals surface area (Å²) in [7, 11) is 0. The fourth-order valence-corrected chi connectivity index (χ4v) is 2.06. The molecular formula is C16H19N3. The minimum Gasteiger partial charge on any atom is -0.399 e. The molecule has 3 nitrogen and oxygen atoms in total. The predicted octanol–water partition coefficient (Wildman–Crippen LogP) is 2.89. The first-order valence-corrected chi connectivity index (χ1v) is 6.53. The lowest BCUT2D eigenvalue weighted by Gasteiger charge is -2.00. The molecule has 0 fully saturated rings. The van der Waals surface area contributed by atoms with Gasteiger partial charge in [0.15, 0.2) is 0 Å². The van der Waals surface area contributed by atoms with Crippen LogP contribution in [0.2, 0.25) is 0 Å². The Kier molecular flexibility index (Phi) is 3.91. The molecule has 2 N–H and O–H groups in total. The van der Waals surface area contributed by atoms with Crippen LogP contribution >= 0.6 is 0 Å². The Morgan fingerprint density at radius 1 is 1.26 bits per heavy atom. The van der Waals surface area contributed by atoms with E-state index in [0.717, 1.165) is 41.2 Å². The van der Waals surface area contributed by atoms with Crippen molar-refractivity contribution in [2.24, 2.45) is 0 Å². The van der Waals surface area contributed by atoms with E-state index < -0.39 is 0 Å². The summed E-state index contributed by atoms with van der Waals surface area (Å²) in [5, 5.41) is 4.52. The normalized spacial score (nSPS) is 10.1. The number of hydrogen-bond donors (Lipinski definition) is 1. The summed E-state index contributed by atoms with van der Waals surface area (Å²) in [6.07, 6.45) is 1.07. The zero-order valence-corrected chi connectivity index (χ0v) is 11.7. The Bertz CT molecular complexity index is 642. The van der Waals surface area contributed by atoms with E-state index in [9.17, 15) is 0 Å². The lowest BCUT2D eigenvalue weighted by atomic mass is 10.1. The smallest absolute Gasteiger partial charge is 0.0753 e. The summed E-state index contributed by atoms with van der Waals surface area (Å²) in [5.41, 5.74) is 10.6. The highest BCUT2D eigenvalue weighted by Crippen LogP contribution is 2.12. The van der Waals surface area contributed by atoms with Crippen molar-refractivity contribution in [3.05, 3.63) is 46.8 Å². The molecule has 98 valence electrons. The molecule has 1 aromatic heterocycles. The van der Waals surface area contributed by atoms with Crippen LogP contribution in [0.15, 0.2) is 24.3 Å². The molecule has 0 unspecified atom stereocenters. The second kappa shape index (κ2) is 5.62. The van der Waals surface area contributed by atoms with E-state index in [4.69, 9.17) is 5.73 Å². The summed E-state index contributed by atoms with van der Waals surface area (Å²) >= 11 is 0. The standard InChI is InChI=1S/C16H19N3/c1-4-10-19-13(3)16(12(2)18-19)9-8-14-6-5-7-15(17)11-14/h5-7,11H,4,10,17H2,1-3H3. The molecule has 19 heavy (non-hydrogen) atoms. The van der Waals surface area contributed by atoms with Crippen molar-refractivity contribution < 1.29 is 0 Å². The van der Waals surface area contributed by atoms with Gasteiger partial charge in [0.1, 0.15) is 0 Å². The van der Waals surface area contributed by atoms with Crippen LogP contribution in [0, 0.1) is 25.7 Å². The third kappa shape index (κ3) is 2.97. The van der Waals surface area contributed by atoms with Gasteiger partial charge in [-0.3, -0.25) is 4.68 Å². The lowest BCUT2D eigenvalue weighted by molar-refractivity contribution is 0.583. The van der Waals surface area contributed by atoms with E-state index in [2.05, 4.69) is 30.8 Å². The Morgan fingerprint density at radius 3 is 2.74 bits per heavy atom. The van der Waals surface area contributed by atoms with E-state index in [-0.39, 0.29) is 0 Å². The number of hydrogen-bond acceptors (Lipinski definition) is 2. The fourth-order valence-electron chi connectivity index (χ4n) is 2.06. The molecule has 0 atom stereocenters. The van der Waals surface area contributed by atoms with Crippen molar-refractivity contribution in [2.45, 2.75) is 33.7 Å². The van der Waals surface area contributed by atoms with Crippen LogP contribution in [0.5, 0.6) is 0 Å². The van der Waals surface area contributed by atoms with E-state index >= 15 is 0 Å². The van der Waals surface area contributed by atoms with Gasteiger partial charge in [0, 0.05) is 17.8 Å². The Balaban J connectivity index is 2.34. The van der Waals surface area contributed by atoms with Crippen molar-refractivity contribution in [2.75, 3.05) is 5.73 Å². The first-order chi connectivity index (χ1) is 9.11. The van der Waals surface area contributed by atoms with Crippen LogP contribution in [0.1, 0.15) is 35.9 Å². The number of nitrogen functional groups attached to an aromatic ring is 1. The lowest BCUT2D eigenvalue weighted by Crippen LogP contribution is -2.01. The minimum absolute atomic E-state index is 0.738. The van der Waals surface area contributed by atoms with Gasteiger partial charge in [-0.25, -0.2) is 0 Å². The maximum absolute atomic E-state index is 5.75. The monoisotopic (exact) mass is 253 g/mol. The van der Waals surface area contributed by atoms with E-state index in [0.29, 0.717) is 0 Å². The molecule has 2 aromatic rings. The first-order valence-electron chi connectivity index (χ1n) is 6.53. The second-order valence-electron chi connectivity index (χ2n) is 4.64. The molecule has 1 heterocycles. The Morgan fingerprint density at radius 2 is 2.05 bits per heavy atom. The van der Waals surface area contributed by atoms with Gasteiger partial charge < -0.3 is 5.73 Å². The highest BCUT2D eigenvalue weighted by Gasteiger charge is 2.08. The third-order valence-corrected chi connectivity index (χ3v) is 3.04. The minimum atomic E-state index is 0.738. The van der Waals surface area contributed by atoms with Crippen LogP contribution in [0.3, 0.4) is 0 Å². The van der Waals surface area contributed by atoms with Gasteiger partial charge in [-0.05, 0) is 38.5 Å². The summed E-state index contributed by atoms with van der Waals surface area (Å²) < 4.78 is 2.03. The number of rotatable bonds is 2. The van der Waals surface area contributed by atoms with E-state index in [1.165, 1.54) is 0 Å². The zero-order chi connectivity index (χ0) is 13.8. The largest absolute Gasteiger partial charge is 0.399 e. The highest BCUT2D eigenvalue weighted by atomic mass is 15.3. The van der Waals surface area contributed by atoms with Gasteiger partial charge in [-0.2, -0.15) is 5.10 Å². The molecule has 0 saturated carbocycles. The highest BCUT2D eigenvalue weighted by molar-refractivity contribution is 5.51. The second-order valence-corrected chi connectivity index (χ2v) is 4.64. The molecule has 0 bridgehead atoms. The molecule has 0 aliphatic heterocycles. The van der Waals surface area contributed by atoms with Crippen molar-refractivity contribution in [3.63, 3.8) is 0 Å². The Hall–Kier alpha value is -2.21. The number of aromatic nitrogens is 2. The van der Waals surface area contributed by atoms with Gasteiger partial charge in [0.05, 0.1) is 17.0 Å². The van der Waals surface area contributed by atoms with Gasteiger partial charge in [0.2, 0.25) is 0 Å². The average molecular weight is 253 g/mol. The summed E-state index contributed by atoms with van der Waals surface area (Å²) in [4.78, 5) is 0. The quantitative estimate of drug-likeness (QED) is 0.660. The molecule has 0 saturated heterocycles. The number of nitrogens with two attached hydrogens (primary N) is 1. The molecule has 2 rings (SSSR count). The molecule has 1 aromatic carbocycles. The third-order valence-electron chi connectivity index (χ3n) is 3.04. The maximum atomic E-state index is 5.75. The van der Waals surface area contributed by atoms with Gasteiger partial charge in [0.25, 0.3) is 0 Å². The molecule has 0 aliphatic rings. The number of benzene rings is 1. The van der Waals surface area contributed by atoms with Crippen LogP contribution in [0.4, 0.5) is 5.69 Å². The molecule has 0 aliphatic carbocycles. The number of aryl methyl sites for hydroxylation is 2. The molecular weight excluding hydrogens is 234 g/mol. The number of anilines is 1. The van der Waals surface area contributed by atoms with Crippen LogP contribution in [-0.2, 0) is 6.54 Å². The van der Waals surface area contributed by atoms with Crippen LogP contribution in [0.25, 0.3) is 0 Å². The number of nitrogens with zero attached hydrogens (tertiary/aromatic N) is 2. The Labute approximate surface area is 114 Å². The molecule has 0 spiro atoms. The van der Waals surface area contributed by atoms with Gasteiger partial charge >= 0.3 is 0 Å². The van der Waals surface area contributed by atoms with E-state index in [1.54, 1.807) is 0 Å². The SMILES string of the molecule is CCCn1nc(C)c(C#Cc2cccc(N)c2)c1C. The summed E-state index contributed by atoms with van der Waals surface area (Å²) in [5.74, 6) is 6.37. The predicted molar refractivity (Wildman–Crippen MR) is 78.8 cm³/mol. The molecule has 3 heteroatoms. The van der Waals surface area contributed by atoms with Crippen LogP contribution in [-0.4, -0.2) is 9.78 Å². The maximum Gasteiger partial charge on any atom is 0.0753 e. The summed E-state index contributed by atoms with van der Waals surface area (Å²) in [6.45, 7) is 7.16. The van der Waals surface area contributed by atoms with Gasteiger partial charge in [-0.15, -0.1) is 0 Å². The fraction of sp³-hybridized carbons (Fsp3) is 0.312. The zero-order valence-electron chi connectivity index (χ0n) is 11.7.